The maximum Gasteiger partial charge on any atom is 0.182 e. The zero-order valence-electron chi connectivity index (χ0n) is 20.6. The number of benzene rings is 3. The van der Waals surface area contributed by atoms with Gasteiger partial charge in [-0.25, -0.2) is 0 Å². The number of para-hydroxylation sites is 1. The number of methoxy groups -OCH3 is 1. The molecule has 3 aromatic carbocycles. The largest absolute Gasteiger partial charge is 0.497 e. The van der Waals surface area contributed by atoms with E-state index in [0.717, 1.165) is 50.2 Å². The van der Waals surface area contributed by atoms with Gasteiger partial charge in [-0.05, 0) is 54.8 Å². The molecule has 0 spiro atoms. The lowest BCUT2D eigenvalue weighted by atomic mass is 9.88. The summed E-state index contributed by atoms with van der Waals surface area (Å²) in [5.74, 6) is 0.873. The molecule has 6 nitrogen and oxygen atoms in total. The molecule has 3 heterocycles. The number of carbonyl (C=O) groups excluding carboxylic acids is 1. The molecule has 1 aromatic heterocycles. The van der Waals surface area contributed by atoms with Crippen LogP contribution in [0.2, 0.25) is 0 Å². The third kappa shape index (κ3) is 4.22. The lowest BCUT2D eigenvalue weighted by molar-refractivity contribution is 0.0771. The van der Waals surface area contributed by atoms with E-state index in [2.05, 4.69) is 68.6 Å². The van der Waals surface area contributed by atoms with Gasteiger partial charge in [0.25, 0.3) is 0 Å². The minimum Gasteiger partial charge on any atom is -0.497 e. The average Bonchev–Trinajstić information content (AvgIpc) is 3.43. The topological polar surface area (TPSA) is 60.6 Å². The standard InChI is InChI=1S/C30H32N4O2/c1-36-23-8-4-7-22(20-23)30(35)29(27-13-12-21-6-2-3-9-25(21)32-27)34-18-16-33(17-19-34)28-11-5-10-26-24(28)14-15-31-26/h2-11,14-15,20,27,29,31-32H,12-13,16-19H2,1H3. The first-order chi connectivity index (χ1) is 17.7. The van der Waals surface area contributed by atoms with Crippen molar-refractivity contribution in [1.29, 1.82) is 0 Å². The summed E-state index contributed by atoms with van der Waals surface area (Å²) in [5, 5.41) is 4.98. The first-order valence-corrected chi connectivity index (χ1v) is 12.8. The van der Waals surface area contributed by atoms with Gasteiger partial charge in [-0.3, -0.25) is 9.69 Å². The number of aryl methyl sites for hydroxylation is 1. The van der Waals surface area contributed by atoms with Crippen molar-refractivity contribution in [3.05, 3.63) is 90.1 Å². The second-order valence-electron chi connectivity index (χ2n) is 9.73. The van der Waals surface area contributed by atoms with Gasteiger partial charge >= 0.3 is 0 Å². The van der Waals surface area contributed by atoms with E-state index in [0.29, 0.717) is 11.3 Å². The summed E-state index contributed by atoms with van der Waals surface area (Å²) in [5.41, 5.74) is 5.60. The molecule has 2 aliphatic heterocycles. The molecule has 1 fully saturated rings. The van der Waals surface area contributed by atoms with Crippen molar-refractivity contribution in [2.24, 2.45) is 0 Å². The fourth-order valence-corrected chi connectivity index (χ4v) is 5.83. The number of fused-ring (bicyclic) bond motifs is 2. The van der Waals surface area contributed by atoms with Crippen molar-refractivity contribution in [2.75, 3.05) is 43.5 Å². The number of H-pyrrole nitrogens is 1. The maximum atomic E-state index is 14.1. The van der Waals surface area contributed by atoms with Crippen molar-refractivity contribution < 1.29 is 9.53 Å². The molecule has 2 unspecified atom stereocenters. The summed E-state index contributed by atoms with van der Waals surface area (Å²) in [4.78, 5) is 22.2. The van der Waals surface area contributed by atoms with Crippen LogP contribution in [0.1, 0.15) is 22.3 Å². The van der Waals surface area contributed by atoms with Crippen LogP contribution in [0.15, 0.2) is 79.0 Å². The van der Waals surface area contributed by atoms with Crippen LogP contribution >= 0.6 is 0 Å². The Kier molecular flexibility index (Phi) is 6.11. The average molecular weight is 481 g/mol. The fourth-order valence-electron chi connectivity index (χ4n) is 5.83. The molecule has 6 heteroatoms. The summed E-state index contributed by atoms with van der Waals surface area (Å²) in [6, 6.07) is 24.4. The molecule has 2 aliphatic rings. The Morgan fingerprint density at radius 2 is 1.81 bits per heavy atom. The molecule has 4 aromatic rings. The number of carbonyl (C=O) groups is 1. The zero-order valence-corrected chi connectivity index (χ0v) is 20.6. The lowest BCUT2D eigenvalue weighted by Gasteiger charge is -2.44. The molecule has 0 radical (unpaired) electrons. The van der Waals surface area contributed by atoms with E-state index in [4.69, 9.17) is 4.74 Å². The number of piperazine rings is 1. The molecule has 6 rings (SSSR count). The summed E-state index contributed by atoms with van der Waals surface area (Å²) in [6.07, 6.45) is 3.91. The normalized spacial score (nSPS) is 18.9. The van der Waals surface area contributed by atoms with Crippen LogP contribution in [0.4, 0.5) is 11.4 Å². The highest BCUT2D eigenvalue weighted by atomic mass is 16.5. The van der Waals surface area contributed by atoms with Crippen molar-refractivity contribution in [2.45, 2.75) is 24.9 Å². The van der Waals surface area contributed by atoms with Gasteiger partial charge in [-0.15, -0.1) is 0 Å². The van der Waals surface area contributed by atoms with Gasteiger partial charge in [-0.1, -0.05) is 36.4 Å². The lowest BCUT2D eigenvalue weighted by Crippen LogP contribution is -2.58. The second-order valence-corrected chi connectivity index (χ2v) is 9.73. The summed E-state index contributed by atoms with van der Waals surface area (Å²) < 4.78 is 5.42. The molecule has 2 atom stereocenters. The summed E-state index contributed by atoms with van der Waals surface area (Å²) in [6.45, 7) is 3.44. The molecule has 0 saturated carbocycles. The van der Waals surface area contributed by atoms with E-state index < -0.39 is 0 Å². The number of Topliss-reactive ketones (excluding diaryl/α,β-unsaturated/α-hetero) is 1. The van der Waals surface area contributed by atoms with Gasteiger partial charge in [0.1, 0.15) is 5.75 Å². The number of ketones is 1. The van der Waals surface area contributed by atoms with E-state index in [-0.39, 0.29) is 17.9 Å². The van der Waals surface area contributed by atoms with Crippen LogP contribution in [-0.4, -0.2) is 61.0 Å². The number of rotatable bonds is 6. The highest BCUT2D eigenvalue weighted by Gasteiger charge is 2.37. The molecule has 184 valence electrons. The van der Waals surface area contributed by atoms with Gasteiger partial charge in [0.15, 0.2) is 5.78 Å². The van der Waals surface area contributed by atoms with Gasteiger partial charge in [-0.2, -0.15) is 0 Å². The Bertz CT molecular complexity index is 1370. The van der Waals surface area contributed by atoms with E-state index in [9.17, 15) is 4.79 Å². The molecule has 0 bridgehead atoms. The maximum absolute atomic E-state index is 14.1. The Morgan fingerprint density at radius 3 is 2.67 bits per heavy atom. The first kappa shape index (κ1) is 22.7. The fraction of sp³-hybridized carbons (Fsp3) is 0.300. The molecule has 36 heavy (non-hydrogen) atoms. The molecule has 0 amide bonds. The molecular formula is C30H32N4O2. The third-order valence-electron chi connectivity index (χ3n) is 7.71. The van der Waals surface area contributed by atoms with Crippen molar-refractivity contribution in [1.82, 2.24) is 9.88 Å². The Morgan fingerprint density at radius 1 is 0.972 bits per heavy atom. The van der Waals surface area contributed by atoms with Crippen molar-refractivity contribution in [3.8, 4) is 5.75 Å². The highest BCUT2D eigenvalue weighted by molar-refractivity contribution is 6.01. The Labute approximate surface area is 211 Å². The van der Waals surface area contributed by atoms with Crippen LogP contribution in [0.5, 0.6) is 5.75 Å². The smallest absolute Gasteiger partial charge is 0.182 e. The van der Waals surface area contributed by atoms with Gasteiger partial charge in [0.05, 0.1) is 13.2 Å². The number of hydrogen-bond donors (Lipinski definition) is 2. The second kappa shape index (κ2) is 9.70. The number of hydrogen-bond acceptors (Lipinski definition) is 5. The molecule has 1 saturated heterocycles. The predicted molar refractivity (Wildman–Crippen MR) is 145 cm³/mol. The van der Waals surface area contributed by atoms with Gasteiger partial charge in [0, 0.05) is 66.3 Å². The van der Waals surface area contributed by atoms with E-state index in [1.165, 1.54) is 16.6 Å². The monoisotopic (exact) mass is 480 g/mol. The van der Waals surface area contributed by atoms with E-state index in [1.54, 1.807) is 7.11 Å². The first-order valence-electron chi connectivity index (χ1n) is 12.8. The summed E-state index contributed by atoms with van der Waals surface area (Å²) >= 11 is 0. The van der Waals surface area contributed by atoms with Gasteiger partial charge < -0.3 is 19.9 Å². The van der Waals surface area contributed by atoms with Crippen LogP contribution < -0.4 is 15.0 Å². The molecular weight excluding hydrogens is 448 g/mol. The number of ether oxygens (including phenoxy) is 1. The Hall–Kier alpha value is -3.77. The molecule has 0 aliphatic carbocycles. The molecule has 2 N–H and O–H groups in total. The van der Waals surface area contributed by atoms with Crippen LogP contribution in [0.3, 0.4) is 0 Å². The van der Waals surface area contributed by atoms with E-state index >= 15 is 0 Å². The van der Waals surface area contributed by atoms with Crippen molar-refractivity contribution >= 4 is 28.1 Å². The van der Waals surface area contributed by atoms with Crippen molar-refractivity contribution in [3.63, 3.8) is 0 Å². The van der Waals surface area contributed by atoms with Crippen LogP contribution in [-0.2, 0) is 6.42 Å². The Balaban J connectivity index is 1.27. The highest BCUT2D eigenvalue weighted by Crippen LogP contribution is 2.31. The number of aromatic amines is 1. The zero-order chi connectivity index (χ0) is 24.5. The quantitative estimate of drug-likeness (QED) is 0.381. The SMILES string of the molecule is COc1cccc(C(=O)C(C2CCc3ccccc3N2)N2CCN(c3cccc4[nH]ccc34)CC2)c1. The minimum atomic E-state index is -0.240. The number of aromatic nitrogens is 1. The van der Waals surface area contributed by atoms with Crippen LogP contribution in [0.25, 0.3) is 10.9 Å². The van der Waals surface area contributed by atoms with Crippen LogP contribution in [0, 0.1) is 0 Å². The van der Waals surface area contributed by atoms with E-state index in [1.807, 2.05) is 30.5 Å². The number of nitrogens with zero attached hydrogens (tertiary/aromatic N) is 2. The minimum absolute atomic E-state index is 0.0539. The predicted octanol–water partition coefficient (Wildman–Crippen LogP) is 4.98. The summed E-state index contributed by atoms with van der Waals surface area (Å²) in [7, 11) is 1.64. The number of nitrogens with one attached hydrogen (secondary N) is 2. The third-order valence-corrected chi connectivity index (χ3v) is 7.71. The number of anilines is 2. The van der Waals surface area contributed by atoms with Gasteiger partial charge in [0.2, 0.25) is 0 Å².